The van der Waals surface area contributed by atoms with Crippen LogP contribution in [0.4, 0.5) is 0 Å². The van der Waals surface area contributed by atoms with Gasteiger partial charge in [-0.2, -0.15) is 0 Å². The van der Waals surface area contributed by atoms with Crippen molar-refractivity contribution in [2.75, 3.05) is 40.0 Å². The molecule has 2 N–H and O–H groups in total. The van der Waals surface area contributed by atoms with Gasteiger partial charge in [-0.15, -0.1) is 0 Å². The second-order valence-corrected chi connectivity index (χ2v) is 8.28. The van der Waals surface area contributed by atoms with Gasteiger partial charge in [0.1, 0.15) is 0 Å². The molecule has 0 unspecified atom stereocenters. The zero-order valence-corrected chi connectivity index (χ0v) is 19.3. The first kappa shape index (κ1) is 25.5. The van der Waals surface area contributed by atoms with E-state index in [9.17, 15) is 19.5 Å². The van der Waals surface area contributed by atoms with Crippen LogP contribution in [0, 0.1) is 5.92 Å². The smallest absolute Gasteiger partial charge is 0.309 e. The number of ether oxygens (including phenoxy) is 2. The number of Topliss-reactive ketones (excluding diaryl/α,β-unsaturated/α-hetero) is 1. The van der Waals surface area contributed by atoms with Gasteiger partial charge in [-0.25, -0.2) is 0 Å². The molecule has 1 aliphatic heterocycles. The Morgan fingerprint density at radius 2 is 1.94 bits per heavy atom. The minimum atomic E-state index is -1.12. The summed E-state index contributed by atoms with van der Waals surface area (Å²) in [5.74, 6) is -2.47. The van der Waals surface area contributed by atoms with E-state index in [4.69, 9.17) is 14.0 Å². The van der Waals surface area contributed by atoms with Crippen LogP contribution in [0.25, 0.3) is 0 Å². The van der Waals surface area contributed by atoms with E-state index in [2.05, 4.69) is 15.4 Å². The number of aromatic nitrogens is 1. The van der Waals surface area contributed by atoms with Gasteiger partial charge in [0.25, 0.3) is 5.91 Å². The highest BCUT2D eigenvalue weighted by molar-refractivity contribution is 5.97. The number of nitrogens with zero attached hydrogens (tertiary/aromatic N) is 2. The number of hydrogen-bond donors (Lipinski definition) is 2. The van der Waals surface area contributed by atoms with Crippen LogP contribution in [-0.2, 0) is 32.0 Å². The minimum absolute atomic E-state index is 0.0763. The molecule has 0 radical (unpaired) electrons. The van der Waals surface area contributed by atoms with E-state index in [1.807, 2.05) is 30.3 Å². The van der Waals surface area contributed by atoms with Gasteiger partial charge in [-0.1, -0.05) is 35.5 Å². The quantitative estimate of drug-likeness (QED) is 0.445. The van der Waals surface area contributed by atoms with Crippen molar-refractivity contribution < 1.29 is 33.5 Å². The van der Waals surface area contributed by atoms with Crippen LogP contribution >= 0.6 is 0 Å². The molecule has 1 saturated heterocycles. The Balaban J connectivity index is 1.66. The molecule has 0 saturated carbocycles. The Labute approximate surface area is 198 Å². The standard InChI is InChI=1S/C24H31N3O7/c1-32-16-18(24(30)31)13-22(28)20(8-7-17-5-3-2-4-6-17)25-23(29)21-14-19(34-26-21)15-27-9-11-33-12-10-27/h2-6,14,18,20H,7-13,15-16H2,1H3,(H,25,29)(H,30,31)/t18-,20-/m0/s1. The molecule has 2 heterocycles. The number of benzene rings is 1. The zero-order valence-electron chi connectivity index (χ0n) is 19.3. The largest absolute Gasteiger partial charge is 0.481 e. The Morgan fingerprint density at radius 1 is 1.21 bits per heavy atom. The first-order valence-corrected chi connectivity index (χ1v) is 11.3. The summed E-state index contributed by atoms with van der Waals surface area (Å²) in [4.78, 5) is 39.5. The molecule has 1 aromatic heterocycles. The lowest BCUT2D eigenvalue weighted by molar-refractivity contribution is -0.145. The minimum Gasteiger partial charge on any atom is -0.481 e. The first-order chi connectivity index (χ1) is 16.5. The van der Waals surface area contributed by atoms with Crippen LogP contribution in [0.3, 0.4) is 0 Å². The van der Waals surface area contributed by atoms with Gasteiger partial charge in [0.15, 0.2) is 17.2 Å². The first-order valence-electron chi connectivity index (χ1n) is 11.3. The predicted molar refractivity (Wildman–Crippen MR) is 121 cm³/mol. The maximum absolute atomic E-state index is 13.0. The van der Waals surface area contributed by atoms with Crippen molar-refractivity contribution >= 4 is 17.7 Å². The van der Waals surface area contributed by atoms with Crippen molar-refractivity contribution in [3.63, 3.8) is 0 Å². The summed E-state index contributed by atoms with van der Waals surface area (Å²) in [5.41, 5.74) is 1.09. The fraction of sp³-hybridized carbons (Fsp3) is 0.500. The Morgan fingerprint density at radius 3 is 2.62 bits per heavy atom. The molecule has 3 rings (SSSR count). The van der Waals surface area contributed by atoms with E-state index >= 15 is 0 Å². The summed E-state index contributed by atoms with van der Waals surface area (Å²) in [7, 11) is 1.38. The van der Waals surface area contributed by atoms with Crippen molar-refractivity contribution in [3.05, 3.63) is 53.4 Å². The lowest BCUT2D eigenvalue weighted by Gasteiger charge is -2.25. The third kappa shape index (κ3) is 7.75. The van der Waals surface area contributed by atoms with Crippen molar-refractivity contribution in [2.45, 2.75) is 31.8 Å². The van der Waals surface area contributed by atoms with Crippen LogP contribution in [-0.4, -0.2) is 78.9 Å². The summed E-state index contributed by atoms with van der Waals surface area (Å²) in [6, 6.07) is 10.3. The molecule has 10 heteroatoms. The van der Waals surface area contributed by atoms with Gasteiger partial charge in [0, 0.05) is 32.7 Å². The molecule has 1 aromatic carbocycles. The SMILES string of the molecule is COC[C@H](CC(=O)[C@H](CCc1ccccc1)NC(=O)c1cc(CN2CCOCC2)on1)C(=O)O. The number of methoxy groups -OCH3 is 1. The van der Waals surface area contributed by atoms with Gasteiger partial charge in [0.05, 0.1) is 38.3 Å². The zero-order chi connectivity index (χ0) is 24.3. The highest BCUT2D eigenvalue weighted by atomic mass is 16.5. The van der Waals surface area contributed by atoms with Crippen LogP contribution in [0.2, 0.25) is 0 Å². The van der Waals surface area contributed by atoms with Gasteiger partial charge in [0.2, 0.25) is 0 Å². The number of hydrogen-bond acceptors (Lipinski definition) is 8. The van der Waals surface area contributed by atoms with E-state index < -0.39 is 23.8 Å². The van der Waals surface area contributed by atoms with Gasteiger partial charge < -0.3 is 24.4 Å². The van der Waals surface area contributed by atoms with Crippen molar-refractivity contribution in [2.24, 2.45) is 5.92 Å². The fourth-order valence-corrected chi connectivity index (χ4v) is 3.78. The fourth-order valence-electron chi connectivity index (χ4n) is 3.78. The predicted octanol–water partition coefficient (Wildman–Crippen LogP) is 1.54. The highest BCUT2D eigenvalue weighted by Crippen LogP contribution is 2.14. The number of morpholine rings is 1. The summed E-state index contributed by atoms with van der Waals surface area (Å²) >= 11 is 0. The summed E-state index contributed by atoms with van der Waals surface area (Å²) in [6.45, 7) is 3.25. The van der Waals surface area contributed by atoms with Gasteiger partial charge in [-0.05, 0) is 18.4 Å². The molecule has 2 atom stereocenters. The Kier molecular flexibility index (Phi) is 9.75. The van der Waals surface area contributed by atoms with Crippen LogP contribution < -0.4 is 5.32 Å². The van der Waals surface area contributed by atoms with E-state index in [0.717, 1.165) is 18.7 Å². The monoisotopic (exact) mass is 473 g/mol. The molecule has 2 aromatic rings. The average Bonchev–Trinajstić information content (AvgIpc) is 3.31. The number of aliphatic carboxylic acids is 1. The maximum Gasteiger partial charge on any atom is 0.309 e. The number of rotatable bonds is 13. The third-order valence-electron chi connectivity index (χ3n) is 5.70. The summed E-state index contributed by atoms with van der Waals surface area (Å²) < 4.78 is 15.6. The molecule has 184 valence electrons. The second kappa shape index (κ2) is 13.0. The van der Waals surface area contributed by atoms with Crippen LogP contribution in [0.5, 0.6) is 0 Å². The van der Waals surface area contributed by atoms with Crippen LogP contribution in [0.1, 0.15) is 34.7 Å². The van der Waals surface area contributed by atoms with E-state index in [1.165, 1.54) is 7.11 Å². The topological polar surface area (TPSA) is 131 Å². The highest BCUT2D eigenvalue weighted by Gasteiger charge is 2.28. The van der Waals surface area contributed by atoms with Crippen molar-refractivity contribution in [1.82, 2.24) is 15.4 Å². The van der Waals surface area contributed by atoms with Crippen LogP contribution in [0.15, 0.2) is 40.9 Å². The van der Waals surface area contributed by atoms with Crippen molar-refractivity contribution in [1.29, 1.82) is 0 Å². The van der Waals surface area contributed by atoms with E-state index in [-0.39, 0.29) is 24.5 Å². The van der Waals surface area contributed by atoms with Gasteiger partial charge in [-0.3, -0.25) is 19.3 Å². The molecule has 10 nitrogen and oxygen atoms in total. The molecular weight excluding hydrogens is 442 g/mol. The number of carboxylic acid groups (broad SMARTS) is 1. The second-order valence-electron chi connectivity index (χ2n) is 8.28. The summed E-state index contributed by atoms with van der Waals surface area (Å²) in [5, 5.41) is 16.0. The van der Waals surface area contributed by atoms with E-state index in [1.54, 1.807) is 6.07 Å². The van der Waals surface area contributed by atoms with Crippen molar-refractivity contribution in [3.8, 4) is 0 Å². The number of aryl methyl sites for hydroxylation is 1. The number of amides is 1. The molecular formula is C24H31N3O7. The molecule has 0 bridgehead atoms. The Hall–Kier alpha value is -3.08. The number of carbonyl (C=O) groups excluding carboxylic acids is 2. The molecule has 34 heavy (non-hydrogen) atoms. The molecule has 0 spiro atoms. The average molecular weight is 474 g/mol. The molecule has 1 fully saturated rings. The Bertz CT molecular complexity index is 941. The molecule has 0 aliphatic carbocycles. The summed E-state index contributed by atoms with van der Waals surface area (Å²) in [6.07, 6.45) is 0.622. The van der Waals surface area contributed by atoms with Gasteiger partial charge >= 0.3 is 5.97 Å². The lowest BCUT2D eigenvalue weighted by atomic mass is 9.95. The number of carbonyl (C=O) groups is 3. The molecule has 1 amide bonds. The number of ketones is 1. The maximum atomic E-state index is 13.0. The van der Waals surface area contributed by atoms with E-state index in [0.29, 0.717) is 38.4 Å². The lowest BCUT2D eigenvalue weighted by Crippen LogP contribution is -2.42. The normalized spacial score (nSPS) is 16.0. The third-order valence-corrected chi connectivity index (χ3v) is 5.70. The molecule has 1 aliphatic rings. The number of nitrogens with one attached hydrogen (secondary N) is 1. The number of carboxylic acids is 1.